The van der Waals surface area contributed by atoms with Gasteiger partial charge in [0.25, 0.3) is 5.91 Å². The molecule has 0 unspecified atom stereocenters. The van der Waals surface area contributed by atoms with Crippen LogP contribution in [0.2, 0.25) is 5.02 Å². The third-order valence-corrected chi connectivity index (χ3v) is 2.52. The van der Waals surface area contributed by atoms with Gasteiger partial charge in [-0.1, -0.05) is 11.6 Å². The average molecular weight is 261 g/mol. The first kappa shape index (κ1) is 12.1. The second-order valence-electron chi connectivity index (χ2n) is 3.74. The molecule has 5 nitrogen and oxygen atoms in total. The maximum Gasteiger partial charge on any atom is 0.256 e. The SMILES string of the molecule is Cc1cc(Cl)cc(C(=O)Nc2[nH]ncc2C#N)c1. The first-order valence-corrected chi connectivity index (χ1v) is 5.50. The van der Waals surface area contributed by atoms with E-state index in [1.807, 2.05) is 13.0 Å². The van der Waals surface area contributed by atoms with E-state index in [9.17, 15) is 4.79 Å². The average Bonchev–Trinajstić information content (AvgIpc) is 2.75. The predicted molar refractivity (Wildman–Crippen MR) is 67.4 cm³/mol. The van der Waals surface area contributed by atoms with Crippen LogP contribution in [0, 0.1) is 18.3 Å². The van der Waals surface area contributed by atoms with Crippen LogP contribution in [0.5, 0.6) is 0 Å². The Balaban J connectivity index is 2.25. The van der Waals surface area contributed by atoms with Crippen LogP contribution >= 0.6 is 11.6 Å². The lowest BCUT2D eigenvalue weighted by atomic mass is 10.1. The molecular formula is C12H9ClN4O. The summed E-state index contributed by atoms with van der Waals surface area (Å²) in [5.74, 6) is -0.0681. The molecule has 0 bridgehead atoms. The van der Waals surface area contributed by atoms with E-state index in [1.54, 1.807) is 18.2 Å². The van der Waals surface area contributed by atoms with Crippen molar-refractivity contribution in [2.75, 3.05) is 5.32 Å². The Morgan fingerprint density at radius 3 is 2.94 bits per heavy atom. The summed E-state index contributed by atoms with van der Waals surface area (Å²) in [7, 11) is 0. The normalized spacial score (nSPS) is 9.83. The number of aryl methyl sites for hydroxylation is 1. The maximum atomic E-state index is 12.0. The molecule has 18 heavy (non-hydrogen) atoms. The third kappa shape index (κ3) is 2.50. The Labute approximate surface area is 108 Å². The number of hydrogen-bond acceptors (Lipinski definition) is 3. The van der Waals surface area contributed by atoms with Crippen LogP contribution < -0.4 is 5.32 Å². The van der Waals surface area contributed by atoms with Crippen molar-refractivity contribution in [3.63, 3.8) is 0 Å². The summed E-state index contributed by atoms with van der Waals surface area (Å²) < 4.78 is 0. The van der Waals surface area contributed by atoms with E-state index >= 15 is 0 Å². The molecule has 90 valence electrons. The van der Waals surface area contributed by atoms with Crippen molar-refractivity contribution >= 4 is 23.3 Å². The minimum Gasteiger partial charge on any atom is -0.306 e. The van der Waals surface area contributed by atoms with Gasteiger partial charge in [0.05, 0.1) is 6.20 Å². The summed E-state index contributed by atoms with van der Waals surface area (Å²) in [6.07, 6.45) is 1.35. The van der Waals surface area contributed by atoms with Crippen molar-refractivity contribution in [1.82, 2.24) is 10.2 Å². The number of halogens is 1. The summed E-state index contributed by atoms with van der Waals surface area (Å²) in [4.78, 5) is 12.0. The van der Waals surface area contributed by atoms with Crippen molar-refractivity contribution in [3.05, 3.63) is 46.1 Å². The fourth-order valence-electron chi connectivity index (χ4n) is 1.52. The Morgan fingerprint density at radius 2 is 2.28 bits per heavy atom. The topological polar surface area (TPSA) is 81.6 Å². The lowest BCUT2D eigenvalue weighted by Crippen LogP contribution is -2.13. The van der Waals surface area contributed by atoms with Gasteiger partial charge in [-0.2, -0.15) is 10.4 Å². The van der Waals surface area contributed by atoms with Crippen molar-refractivity contribution in [2.24, 2.45) is 0 Å². The number of nitriles is 1. The van der Waals surface area contributed by atoms with E-state index in [-0.39, 0.29) is 17.3 Å². The molecule has 0 atom stereocenters. The minimum atomic E-state index is -0.346. The second-order valence-corrected chi connectivity index (χ2v) is 4.18. The smallest absolute Gasteiger partial charge is 0.256 e. The zero-order valence-electron chi connectivity index (χ0n) is 9.49. The molecule has 1 aromatic heterocycles. The summed E-state index contributed by atoms with van der Waals surface area (Å²) >= 11 is 5.88. The highest BCUT2D eigenvalue weighted by Crippen LogP contribution is 2.16. The van der Waals surface area contributed by atoms with Crippen LogP contribution in [0.1, 0.15) is 21.5 Å². The highest BCUT2D eigenvalue weighted by atomic mass is 35.5. The first-order chi connectivity index (χ1) is 8.60. The molecule has 1 aromatic carbocycles. The van der Waals surface area contributed by atoms with Crippen molar-refractivity contribution < 1.29 is 4.79 Å². The largest absolute Gasteiger partial charge is 0.306 e. The number of rotatable bonds is 2. The van der Waals surface area contributed by atoms with Gasteiger partial charge >= 0.3 is 0 Å². The molecule has 0 saturated heterocycles. The number of nitrogens with one attached hydrogen (secondary N) is 2. The van der Waals surface area contributed by atoms with Crippen LogP contribution in [0.25, 0.3) is 0 Å². The summed E-state index contributed by atoms with van der Waals surface area (Å²) in [5, 5.41) is 18.1. The Kier molecular flexibility index (Phi) is 3.31. The fraction of sp³-hybridized carbons (Fsp3) is 0.0833. The molecule has 6 heteroatoms. The highest BCUT2D eigenvalue weighted by molar-refractivity contribution is 6.31. The fourth-order valence-corrected chi connectivity index (χ4v) is 1.81. The van der Waals surface area contributed by atoms with Gasteiger partial charge in [0.2, 0.25) is 0 Å². The standard InChI is InChI=1S/C12H9ClN4O/c1-7-2-8(4-10(13)3-7)12(18)16-11-9(5-14)6-15-17-11/h2-4,6H,1H3,(H2,15,16,17,18). The van der Waals surface area contributed by atoms with Gasteiger partial charge in [-0.3, -0.25) is 9.89 Å². The van der Waals surface area contributed by atoms with E-state index in [1.165, 1.54) is 6.20 Å². The number of H-pyrrole nitrogens is 1. The van der Waals surface area contributed by atoms with Crippen molar-refractivity contribution in [2.45, 2.75) is 6.92 Å². The van der Waals surface area contributed by atoms with Crippen LogP contribution in [-0.4, -0.2) is 16.1 Å². The van der Waals surface area contributed by atoms with E-state index in [2.05, 4.69) is 15.5 Å². The van der Waals surface area contributed by atoms with E-state index < -0.39 is 0 Å². The number of carbonyl (C=O) groups is 1. The molecule has 1 heterocycles. The number of nitrogens with zero attached hydrogens (tertiary/aromatic N) is 2. The number of hydrogen-bond donors (Lipinski definition) is 2. The molecule has 2 aromatic rings. The molecule has 2 rings (SSSR count). The van der Waals surface area contributed by atoms with Crippen LogP contribution in [0.15, 0.2) is 24.4 Å². The zero-order valence-corrected chi connectivity index (χ0v) is 10.2. The number of aromatic nitrogens is 2. The quantitative estimate of drug-likeness (QED) is 0.870. The van der Waals surface area contributed by atoms with Gasteiger partial charge in [0.1, 0.15) is 17.5 Å². The molecule has 1 amide bonds. The predicted octanol–water partition coefficient (Wildman–Crippen LogP) is 2.50. The van der Waals surface area contributed by atoms with Crippen LogP contribution in [0.4, 0.5) is 5.82 Å². The van der Waals surface area contributed by atoms with E-state index in [4.69, 9.17) is 16.9 Å². The molecule has 0 radical (unpaired) electrons. The van der Waals surface area contributed by atoms with Crippen molar-refractivity contribution in [1.29, 1.82) is 5.26 Å². The number of aromatic amines is 1. The van der Waals surface area contributed by atoms with Crippen molar-refractivity contribution in [3.8, 4) is 6.07 Å². The lowest BCUT2D eigenvalue weighted by Gasteiger charge is -2.04. The number of anilines is 1. The summed E-state index contributed by atoms with van der Waals surface area (Å²) in [6, 6.07) is 6.95. The van der Waals surface area contributed by atoms with E-state index in [0.717, 1.165) is 5.56 Å². The van der Waals surface area contributed by atoms with Gasteiger partial charge in [-0.15, -0.1) is 0 Å². The van der Waals surface area contributed by atoms with Crippen LogP contribution in [-0.2, 0) is 0 Å². The molecule has 2 N–H and O–H groups in total. The van der Waals surface area contributed by atoms with Gasteiger partial charge in [0, 0.05) is 10.6 Å². The molecule has 0 aliphatic heterocycles. The molecule has 0 aliphatic rings. The number of benzene rings is 1. The maximum absolute atomic E-state index is 12.0. The minimum absolute atomic E-state index is 0.278. The van der Waals surface area contributed by atoms with Gasteiger partial charge in [-0.05, 0) is 30.7 Å². The monoisotopic (exact) mass is 260 g/mol. The van der Waals surface area contributed by atoms with Gasteiger partial charge in [0.15, 0.2) is 0 Å². The Hall–Kier alpha value is -2.32. The van der Waals surface area contributed by atoms with Gasteiger partial charge < -0.3 is 5.32 Å². The molecule has 0 saturated carbocycles. The zero-order chi connectivity index (χ0) is 13.1. The lowest BCUT2D eigenvalue weighted by molar-refractivity contribution is 0.102. The Morgan fingerprint density at radius 1 is 1.50 bits per heavy atom. The second kappa shape index (κ2) is 4.90. The Bertz CT molecular complexity index is 622. The summed E-state index contributed by atoms with van der Waals surface area (Å²) in [5.41, 5.74) is 1.60. The third-order valence-electron chi connectivity index (χ3n) is 2.30. The van der Waals surface area contributed by atoms with E-state index in [0.29, 0.717) is 10.6 Å². The van der Waals surface area contributed by atoms with Crippen LogP contribution in [0.3, 0.4) is 0 Å². The van der Waals surface area contributed by atoms with Gasteiger partial charge in [-0.25, -0.2) is 0 Å². The molecule has 0 aliphatic carbocycles. The number of carbonyl (C=O) groups excluding carboxylic acids is 1. The summed E-state index contributed by atoms with van der Waals surface area (Å²) in [6.45, 7) is 1.85. The number of amides is 1. The molecule has 0 fully saturated rings. The highest BCUT2D eigenvalue weighted by Gasteiger charge is 2.11. The first-order valence-electron chi connectivity index (χ1n) is 5.12. The molecular weight excluding hydrogens is 252 g/mol. The molecule has 0 spiro atoms.